The van der Waals surface area contributed by atoms with Crippen LogP contribution in [0.15, 0.2) is 12.4 Å². The van der Waals surface area contributed by atoms with Crippen LogP contribution in [0.5, 0.6) is 5.88 Å². The number of carbonyl (C=O) groups excluding carboxylic acids is 4. The molecule has 2 amide bonds. The zero-order valence-corrected chi connectivity index (χ0v) is 20.3. The van der Waals surface area contributed by atoms with Crippen molar-refractivity contribution in [2.24, 2.45) is 5.41 Å². The topological polar surface area (TPSA) is 162 Å². The zero-order chi connectivity index (χ0) is 26.2. The fraction of sp³-hybridized carbons (Fsp3) is 0.478. The number of fused-ring (bicyclic) bond motifs is 1. The van der Waals surface area contributed by atoms with Gasteiger partial charge in [0.25, 0.3) is 0 Å². The van der Waals surface area contributed by atoms with Gasteiger partial charge in [-0.1, -0.05) is 26.7 Å². The lowest BCUT2D eigenvalue weighted by Gasteiger charge is -2.16. The van der Waals surface area contributed by atoms with Crippen molar-refractivity contribution in [3.8, 4) is 29.2 Å². The van der Waals surface area contributed by atoms with Crippen molar-refractivity contribution >= 4 is 29.6 Å². The summed E-state index contributed by atoms with van der Waals surface area (Å²) in [6, 6.07) is 3.19. The molecular formula is C23H29N5O7. The minimum Gasteiger partial charge on any atom is -0.493 e. The first-order chi connectivity index (χ1) is 16.5. The van der Waals surface area contributed by atoms with E-state index in [0.717, 1.165) is 0 Å². The Hall–Kier alpha value is -4.14. The molecule has 35 heavy (non-hydrogen) atoms. The Morgan fingerprint density at radius 2 is 1.89 bits per heavy atom. The number of ether oxygens (including phenoxy) is 2. The quantitative estimate of drug-likeness (QED) is 0.368. The second-order valence-electron chi connectivity index (χ2n) is 8.57. The maximum Gasteiger partial charge on any atom is 0.328 e. The van der Waals surface area contributed by atoms with E-state index in [9.17, 15) is 24.3 Å². The molecule has 0 aromatic rings. The van der Waals surface area contributed by atoms with E-state index in [1.165, 1.54) is 31.2 Å². The van der Waals surface area contributed by atoms with Crippen LogP contribution in [0.3, 0.4) is 0 Å². The number of aromatic nitrogens is 3. The van der Waals surface area contributed by atoms with Crippen molar-refractivity contribution in [3.05, 3.63) is 12.4 Å². The SMILES string of the molecule is COC(=O)CC[C@H](NC(=O)CCC#Cn1cnc2nc(NC(=O)C(C)(C)C)cc-2c1O)C(=O)OC. The molecule has 0 aromatic heterocycles. The fourth-order valence-corrected chi connectivity index (χ4v) is 2.76. The number of rotatable bonds is 8. The number of nitrogens with one attached hydrogen (secondary N) is 2. The Morgan fingerprint density at radius 3 is 2.51 bits per heavy atom. The molecule has 2 aliphatic rings. The average Bonchev–Trinajstić information content (AvgIpc) is 3.22. The van der Waals surface area contributed by atoms with E-state index in [-0.39, 0.29) is 49.1 Å². The summed E-state index contributed by atoms with van der Waals surface area (Å²) in [5, 5.41) is 15.7. The lowest BCUT2D eigenvalue weighted by molar-refractivity contribution is -0.146. The third-order valence-electron chi connectivity index (χ3n) is 4.80. The van der Waals surface area contributed by atoms with Crippen molar-refractivity contribution in [1.82, 2.24) is 19.9 Å². The lowest BCUT2D eigenvalue weighted by atomic mass is 9.96. The van der Waals surface area contributed by atoms with E-state index in [0.29, 0.717) is 5.56 Å². The summed E-state index contributed by atoms with van der Waals surface area (Å²) >= 11 is 0. The Balaban J connectivity index is 2.00. The molecule has 1 atom stereocenters. The summed E-state index contributed by atoms with van der Waals surface area (Å²) < 4.78 is 10.4. The monoisotopic (exact) mass is 487 g/mol. The van der Waals surface area contributed by atoms with Crippen molar-refractivity contribution in [3.63, 3.8) is 0 Å². The van der Waals surface area contributed by atoms with Gasteiger partial charge in [0, 0.05) is 30.7 Å². The Bertz CT molecular complexity index is 1120. The van der Waals surface area contributed by atoms with Gasteiger partial charge in [-0.05, 0) is 12.5 Å². The van der Waals surface area contributed by atoms with Gasteiger partial charge in [-0.2, -0.15) is 0 Å². The minimum atomic E-state index is -0.984. The number of amides is 2. The van der Waals surface area contributed by atoms with E-state index in [1.807, 2.05) is 0 Å². The standard InChI is InChI=1S/C23H29N5O7/c1-23(2,3)22(33)27-16-12-14-19(26-16)24-13-28(20(14)31)11-7-6-8-17(29)25-15(21(32)35-5)9-10-18(30)34-4/h12-13,15,31H,6,8-10H2,1-5H3,(H,25,29)(H,27,33)/t15-/m0/s1. The van der Waals surface area contributed by atoms with E-state index in [1.54, 1.807) is 20.8 Å². The molecule has 3 N–H and O–H groups in total. The number of esters is 2. The number of carbonyl (C=O) groups is 4. The first kappa shape index (κ1) is 27.1. The van der Waals surface area contributed by atoms with Crippen LogP contribution in [0.25, 0.3) is 11.4 Å². The van der Waals surface area contributed by atoms with Crippen LogP contribution in [-0.4, -0.2) is 63.7 Å². The average molecular weight is 488 g/mol. The summed E-state index contributed by atoms with van der Waals surface area (Å²) in [7, 11) is 2.41. The number of aromatic hydroxyl groups is 1. The molecular weight excluding hydrogens is 458 g/mol. The fourth-order valence-electron chi connectivity index (χ4n) is 2.76. The van der Waals surface area contributed by atoms with E-state index >= 15 is 0 Å². The van der Waals surface area contributed by atoms with Gasteiger partial charge in [0.1, 0.15) is 18.2 Å². The van der Waals surface area contributed by atoms with Crippen LogP contribution in [0.1, 0.15) is 46.5 Å². The molecule has 0 aromatic carbocycles. The number of nitrogens with zero attached hydrogens (tertiary/aromatic N) is 3. The van der Waals surface area contributed by atoms with Crippen LogP contribution in [0, 0.1) is 17.4 Å². The molecule has 12 nitrogen and oxygen atoms in total. The van der Waals surface area contributed by atoms with E-state index in [2.05, 4.69) is 42.0 Å². The van der Waals surface area contributed by atoms with E-state index in [4.69, 9.17) is 0 Å². The van der Waals surface area contributed by atoms with Crippen LogP contribution in [-0.2, 0) is 28.7 Å². The van der Waals surface area contributed by atoms with Crippen LogP contribution < -0.4 is 10.6 Å². The summed E-state index contributed by atoms with van der Waals surface area (Å²) in [6.45, 7) is 5.30. The van der Waals surface area contributed by atoms with Crippen molar-refractivity contribution < 1.29 is 33.8 Å². The molecule has 12 heteroatoms. The van der Waals surface area contributed by atoms with E-state index < -0.39 is 29.3 Å². The Kier molecular flexibility index (Phi) is 9.16. The van der Waals surface area contributed by atoms with Gasteiger partial charge in [-0.25, -0.2) is 19.3 Å². The van der Waals surface area contributed by atoms with Crippen molar-refractivity contribution in [2.45, 2.75) is 52.5 Å². The highest BCUT2D eigenvalue weighted by Crippen LogP contribution is 2.31. The van der Waals surface area contributed by atoms with Gasteiger partial charge in [0.15, 0.2) is 5.82 Å². The molecule has 0 bridgehead atoms. The lowest BCUT2D eigenvalue weighted by Crippen LogP contribution is -2.41. The maximum absolute atomic E-state index is 12.2. The highest BCUT2D eigenvalue weighted by molar-refractivity contribution is 5.94. The predicted octanol–water partition coefficient (Wildman–Crippen LogP) is 1.27. The Morgan fingerprint density at radius 1 is 1.17 bits per heavy atom. The smallest absolute Gasteiger partial charge is 0.328 e. The number of hydrogen-bond acceptors (Lipinski definition) is 9. The predicted molar refractivity (Wildman–Crippen MR) is 124 cm³/mol. The highest BCUT2D eigenvalue weighted by Gasteiger charge is 2.24. The number of anilines is 1. The highest BCUT2D eigenvalue weighted by atomic mass is 16.5. The summed E-state index contributed by atoms with van der Waals surface area (Å²) in [4.78, 5) is 55.8. The molecule has 0 radical (unpaired) electrons. The third kappa shape index (κ3) is 7.70. The molecule has 0 aliphatic carbocycles. The summed E-state index contributed by atoms with van der Waals surface area (Å²) in [5.41, 5.74) is -0.313. The zero-order valence-electron chi connectivity index (χ0n) is 20.3. The van der Waals surface area contributed by atoms with Gasteiger partial charge in [0.05, 0.1) is 19.8 Å². The molecule has 0 spiro atoms. The molecule has 188 valence electrons. The molecule has 0 saturated carbocycles. The minimum absolute atomic E-state index is 0.0311. The van der Waals surface area contributed by atoms with Gasteiger partial charge in [-0.15, -0.1) is 0 Å². The third-order valence-corrected chi connectivity index (χ3v) is 4.80. The van der Waals surface area contributed by atoms with Crippen molar-refractivity contribution in [2.75, 3.05) is 19.5 Å². The second kappa shape index (κ2) is 11.8. The first-order valence-electron chi connectivity index (χ1n) is 10.8. The molecule has 2 heterocycles. The second-order valence-corrected chi connectivity index (χ2v) is 8.57. The molecule has 0 unspecified atom stereocenters. The maximum atomic E-state index is 12.2. The van der Waals surface area contributed by atoms with Gasteiger partial charge in [-0.3, -0.25) is 14.4 Å². The number of hydrogen-bond donors (Lipinski definition) is 3. The van der Waals surface area contributed by atoms with Crippen LogP contribution in [0.4, 0.5) is 5.82 Å². The van der Waals surface area contributed by atoms with Gasteiger partial charge < -0.3 is 25.2 Å². The largest absolute Gasteiger partial charge is 0.493 e. The molecule has 0 fully saturated rings. The molecule has 2 rings (SSSR count). The van der Waals surface area contributed by atoms with Crippen LogP contribution in [0.2, 0.25) is 0 Å². The summed E-state index contributed by atoms with van der Waals surface area (Å²) in [5.74, 6) is 1.16. The van der Waals surface area contributed by atoms with Crippen molar-refractivity contribution in [1.29, 1.82) is 0 Å². The van der Waals surface area contributed by atoms with Gasteiger partial charge >= 0.3 is 11.9 Å². The number of methoxy groups -OCH3 is 2. The Labute approximate surface area is 202 Å². The molecule has 2 aliphatic heterocycles. The molecule has 0 saturated heterocycles. The summed E-state index contributed by atoms with van der Waals surface area (Å²) in [6.07, 6.45) is 1.34. The first-order valence-corrected chi connectivity index (χ1v) is 10.8. The normalized spacial score (nSPS) is 11.7. The van der Waals surface area contributed by atoms with Crippen LogP contribution >= 0.6 is 0 Å². The van der Waals surface area contributed by atoms with Gasteiger partial charge in [0.2, 0.25) is 17.7 Å².